The maximum Gasteiger partial charge on any atom is 0.273 e. The summed E-state index contributed by atoms with van der Waals surface area (Å²) in [7, 11) is -2.72. The maximum atomic E-state index is 11.5. The zero-order valence-corrected chi connectivity index (χ0v) is 14.5. The van der Waals surface area contributed by atoms with Crippen LogP contribution >= 0.6 is 0 Å². The summed E-state index contributed by atoms with van der Waals surface area (Å²) >= 11 is 0. The van der Waals surface area contributed by atoms with Crippen molar-refractivity contribution in [1.82, 2.24) is 14.8 Å². The number of rotatable bonds is 5. The van der Waals surface area contributed by atoms with E-state index < -0.39 is 15.4 Å². The van der Waals surface area contributed by atoms with Crippen LogP contribution in [0.2, 0.25) is 0 Å². The van der Waals surface area contributed by atoms with E-state index in [0.29, 0.717) is 17.3 Å². The standard InChI is InChI=1S/C17H17N3O4S/c1-12(25(21,22)23)15-10-16(13-6-4-3-5-7-13)20(19-15)14-8-9-17(24-2)18-11-14/h3-12H,1-2H3,(H,21,22,23). The second-order valence-corrected chi connectivity index (χ2v) is 7.19. The van der Waals surface area contributed by atoms with Crippen LogP contribution in [0.15, 0.2) is 54.7 Å². The van der Waals surface area contributed by atoms with Crippen LogP contribution < -0.4 is 4.74 Å². The Bertz CT molecular complexity index is 967. The quantitative estimate of drug-likeness (QED) is 0.704. The summed E-state index contributed by atoms with van der Waals surface area (Å²) in [6.45, 7) is 1.39. The minimum Gasteiger partial charge on any atom is -0.481 e. The molecule has 8 heteroatoms. The average Bonchev–Trinajstić information content (AvgIpc) is 3.06. The smallest absolute Gasteiger partial charge is 0.273 e. The number of benzene rings is 1. The van der Waals surface area contributed by atoms with Crippen molar-refractivity contribution in [2.24, 2.45) is 0 Å². The van der Waals surface area contributed by atoms with E-state index in [4.69, 9.17) is 4.74 Å². The molecule has 2 aromatic heterocycles. The second-order valence-electron chi connectivity index (χ2n) is 5.45. The highest BCUT2D eigenvalue weighted by Crippen LogP contribution is 2.28. The maximum absolute atomic E-state index is 11.5. The molecule has 130 valence electrons. The molecule has 1 atom stereocenters. The third kappa shape index (κ3) is 3.54. The Labute approximate surface area is 145 Å². The van der Waals surface area contributed by atoms with Crippen LogP contribution in [0.3, 0.4) is 0 Å². The van der Waals surface area contributed by atoms with Gasteiger partial charge >= 0.3 is 0 Å². The van der Waals surface area contributed by atoms with Gasteiger partial charge in [0.1, 0.15) is 5.25 Å². The Morgan fingerprint density at radius 3 is 2.44 bits per heavy atom. The lowest BCUT2D eigenvalue weighted by molar-refractivity contribution is 0.397. The van der Waals surface area contributed by atoms with Crippen LogP contribution in [0, 0.1) is 0 Å². The highest BCUT2D eigenvalue weighted by Gasteiger charge is 2.24. The van der Waals surface area contributed by atoms with Gasteiger partial charge < -0.3 is 4.74 Å². The van der Waals surface area contributed by atoms with Crippen LogP contribution in [0.1, 0.15) is 17.9 Å². The largest absolute Gasteiger partial charge is 0.481 e. The Balaban J connectivity index is 2.16. The summed E-state index contributed by atoms with van der Waals surface area (Å²) < 4.78 is 39.0. The molecule has 0 aliphatic carbocycles. The fraction of sp³-hybridized carbons (Fsp3) is 0.176. The third-order valence-electron chi connectivity index (χ3n) is 3.84. The van der Waals surface area contributed by atoms with Crippen molar-refractivity contribution in [3.05, 3.63) is 60.4 Å². The van der Waals surface area contributed by atoms with Gasteiger partial charge in [-0.25, -0.2) is 9.67 Å². The monoisotopic (exact) mass is 359 g/mol. The van der Waals surface area contributed by atoms with E-state index in [1.165, 1.54) is 14.0 Å². The zero-order chi connectivity index (χ0) is 18.0. The number of nitrogens with zero attached hydrogens (tertiary/aromatic N) is 3. The van der Waals surface area contributed by atoms with Gasteiger partial charge in [-0.15, -0.1) is 0 Å². The van der Waals surface area contributed by atoms with Crippen molar-refractivity contribution in [2.45, 2.75) is 12.2 Å². The molecule has 2 heterocycles. The van der Waals surface area contributed by atoms with Crippen molar-refractivity contribution in [1.29, 1.82) is 0 Å². The molecule has 0 fully saturated rings. The lowest BCUT2D eigenvalue weighted by Gasteiger charge is -2.08. The van der Waals surface area contributed by atoms with E-state index in [9.17, 15) is 13.0 Å². The average molecular weight is 359 g/mol. The molecule has 3 aromatic rings. The summed E-state index contributed by atoms with van der Waals surface area (Å²) in [5, 5.41) is 3.24. The van der Waals surface area contributed by atoms with Gasteiger partial charge in [0.25, 0.3) is 10.1 Å². The molecule has 0 bridgehead atoms. The van der Waals surface area contributed by atoms with Gasteiger partial charge in [-0.2, -0.15) is 13.5 Å². The van der Waals surface area contributed by atoms with Gasteiger partial charge in [-0.05, 0) is 19.1 Å². The number of hydrogen-bond acceptors (Lipinski definition) is 5. The molecule has 1 aromatic carbocycles. The molecule has 0 spiro atoms. The lowest BCUT2D eigenvalue weighted by Crippen LogP contribution is -2.09. The molecule has 0 aliphatic rings. The Kier molecular flexibility index (Phi) is 4.56. The third-order valence-corrected chi connectivity index (χ3v) is 4.97. The van der Waals surface area contributed by atoms with Crippen molar-refractivity contribution in [3.63, 3.8) is 0 Å². The first kappa shape index (κ1) is 17.1. The normalized spacial score (nSPS) is 12.8. The molecular formula is C17H17N3O4S. The molecule has 7 nitrogen and oxygen atoms in total. The van der Waals surface area contributed by atoms with E-state index >= 15 is 0 Å². The summed E-state index contributed by atoms with van der Waals surface area (Å²) in [5.74, 6) is 0.462. The van der Waals surface area contributed by atoms with Gasteiger partial charge in [0.2, 0.25) is 5.88 Å². The number of methoxy groups -OCH3 is 1. The minimum atomic E-state index is -4.25. The van der Waals surface area contributed by atoms with E-state index in [1.54, 1.807) is 29.1 Å². The zero-order valence-electron chi connectivity index (χ0n) is 13.7. The highest BCUT2D eigenvalue weighted by molar-refractivity contribution is 7.86. The molecular weight excluding hydrogens is 342 g/mol. The SMILES string of the molecule is COc1ccc(-n2nc(C(C)S(=O)(=O)O)cc2-c2ccccc2)cn1. The lowest BCUT2D eigenvalue weighted by atomic mass is 10.1. The first-order valence-electron chi connectivity index (χ1n) is 7.52. The van der Waals surface area contributed by atoms with Gasteiger partial charge in [0.15, 0.2) is 0 Å². The molecule has 0 radical (unpaired) electrons. The van der Waals surface area contributed by atoms with Crippen LogP contribution in [0.25, 0.3) is 16.9 Å². The molecule has 0 amide bonds. The fourth-order valence-electron chi connectivity index (χ4n) is 2.38. The van der Waals surface area contributed by atoms with Crippen LogP contribution in [0.5, 0.6) is 5.88 Å². The summed E-state index contributed by atoms with van der Waals surface area (Å²) in [5.41, 5.74) is 2.45. The summed E-state index contributed by atoms with van der Waals surface area (Å²) in [4.78, 5) is 4.16. The number of pyridine rings is 1. The molecule has 3 rings (SSSR count). The molecule has 1 unspecified atom stereocenters. The fourth-order valence-corrected chi connectivity index (χ4v) is 2.80. The van der Waals surface area contributed by atoms with Crippen molar-refractivity contribution in [2.75, 3.05) is 7.11 Å². The van der Waals surface area contributed by atoms with Crippen molar-refractivity contribution < 1.29 is 17.7 Å². The van der Waals surface area contributed by atoms with Crippen LogP contribution in [0.4, 0.5) is 0 Å². The number of hydrogen-bond donors (Lipinski definition) is 1. The minimum absolute atomic E-state index is 0.247. The molecule has 0 saturated heterocycles. The van der Waals surface area contributed by atoms with E-state index in [2.05, 4.69) is 10.1 Å². The van der Waals surface area contributed by atoms with Crippen molar-refractivity contribution >= 4 is 10.1 Å². The highest BCUT2D eigenvalue weighted by atomic mass is 32.2. The van der Waals surface area contributed by atoms with Gasteiger partial charge in [-0.3, -0.25) is 4.55 Å². The predicted molar refractivity (Wildman–Crippen MR) is 93.3 cm³/mol. The van der Waals surface area contributed by atoms with Crippen molar-refractivity contribution in [3.8, 4) is 22.8 Å². The Morgan fingerprint density at radius 1 is 1.16 bits per heavy atom. The summed E-state index contributed by atoms with van der Waals surface area (Å²) in [6.07, 6.45) is 1.58. The van der Waals surface area contributed by atoms with Gasteiger partial charge in [0, 0.05) is 11.6 Å². The van der Waals surface area contributed by atoms with E-state index in [0.717, 1.165) is 5.56 Å². The topological polar surface area (TPSA) is 94.3 Å². The Hall–Kier alpha value is -2.71. The first-order valence-corrected chi connectivity index (χ1v) is 9.02. The second kappa shape index (κ2) is 6.66. The van der Waals surface area contributed by atoms with Crippen LogP contribution in [-0.2, 0) is 10.1 Å². The number of ether oxygens (including phenoxy) is 1. The molecule has 0 saturated carbocycles. The van der Waals surface area contributed by atoms with E-state index in [-0.39, 0.29) is 5.69 Å². The first-order chi connectivity index (χ1) is 11.9. The van der Waals surface area contributed by atoms with E-state index in [1.807, 2.05) is 30.3 Å². The Morgan fingerprint density at radius 2 is 1.88 bits per heavy atom. The van der Waals surface area contributed by atoms with Gasteiger partial charge in [-0.1, -0.05) is 30.3 Å². The molecule has 1 N–H and O–H groups in total. The molecule has 25 heavy (non-hydrogen) atoms. The van der Waals surface area contributed by atoms with Crippen LogP contribution in [-0.4, -0.2) is 34.8 Å². The van der Waals surface area contributed by atoms with Gasteiger partial charge in [0.05, 0.1) is 30.4 Å². The summed E-state index contributed by atoms with van der Waals surface area (Å²) in [6, 6.07) is 14.6. The molecule has 0 aliphatic heterocycles. The predicted octanol–water partition coefficient (Wildman–Crippen LogP) is 2.89. The number of aromatic nitrogens is 3.